The first kappa shape index (κ1) is 18.3. The second-order valence-corrected chi connectivity index (χ2v) is 5.65. The molecule has 0 aliphatic heterocycles. The highest BCUT2D eigenvalue weighted by atomic mass is 35.5. The van der Waals surface area contributed by atoms with Gasteiger partial charge in [-0.25, -0.2) is 0 Å². The van der Waals surface area contributed by atoms with Gasteiger partial charge in [-0.1, -0.05) is 29.8 Å². The van der Waals surface area contributed by atoms with Crippen molar-refractivity contribution in [2.75, 3.05) is 11.9 Å². The number of nitrogens with one attached hydrogen (secondary N) is 2. The standard InChI is InChI=1S/C17H16ClF3N2O/c1-11(14-4-2-3-5-15(14)18)22-10-16(24)23-13-8-6-12(7-9-13)17(19,20)21/h2-9,11,22H,10H2,1H3,(H,23,24)/t11-/m0/s1. The van der Waals surface area contributed by atoms with E-state index in [-0.39, 0.29) is 18.5 Å². The first-order valence-corrected chi connectivity index (χ1v) is 7.60. The lowest BCUT2D eigenvalue weighted by Crippen LogP contribution is -2.30. The number of halogens is 4. The predicted molar refractivity (Wildman–Crippen MR) is 87.9 cm³/mol. The molecule has 2 aromatic carbocycles. The van der Waals surface area contributed by atoms with Crippen molar-refractivity contribution in [2.24, 2.45) is 0 Å². The number of anilines is 1. The summed E-state index contributed by atoms with van der Waals surface area (Å²) in [6.45, 7) is 1.88. The predicted octanol–water partition coefficient (Wildman–Crippen LogP) is 4.65. The second-order valence-electron chi connectivity index (χ2n) is 5.25. The Morgan fingerprint density at radius 3 is 2.33 bits per heavy atom. The Hall–Kier alpha value is -2.05. The first-order chi connectivity index (χ1) is 11.3. The number of rotatable bonds is 5. The summed E-state index contributed by atoms with van der Waals surface area (Å²) in [5, 5.41) is 6.16. The number of carbonyl (C=O) groups excluding carboxylic acids is 1. The van der Waals surface area contributed by atoms with Gasteiger partial charge in [-0.2, -0.15) is 13.2 Å². The summed E-state index contributed by atoms with van der Waals surface area (Å²) < 4.78 is 37.4. The van der Waals surface area contributed by atoms with Crippen LogP contribution in [-0.2, 0) is 11.0 Å². The maximum Gasteiger partial charge on any atom is 0.416 e. The zero-order valence-corrected chi connectivity index (χ0v) is 13.6. The van der Waals surface area contributed by atoms with Gasteiger partial charge in [0.1, 0.15) is 0 Å². The van der Waals surface area contributed by atoms with Crippen molar-refractivity contribution in [2.45, 2.75) is 19.1 Å². The minimum atomic E-state index is -4.39. The van der Waals surface area contributed by atoms with Gasteiger partial charge in [0.25, 0.3) is 0 Å². The normalized spacial score (nSPS) is 12.7. The zero-order valence-electron chi connectivity index (χ0n) is 12.8. The topological polar surface area (TPSA) is 41.1 Å². The van der Waals surface area contributed by atoms with E-state index in [4.69, 9.17) is 11.6 Å². The highest BCUT2D eigenvalue weighted by molar-refractivity contribution is 6.31. The molecular weight excluding hydrogens is 341 g/mol. The molecule has 0 spiro atoms. The van der Waals surface area contributed by atoms with Crippen LogP contribution in [0.15, 0.2) is 48.5 Å². The van der Waals surface area contributed by atoms with E-state index in [1.165, 1.54) is 12.1 Å². The number of hydrogen-bond donors (Lipinski definition) is 2. The Morgan fingerprint density at radius 2 is 1.75 bits per heavy atom. The summed E-state index contributed by atoms with van der Waals surface area (Å²) >= 11 is 6.08. The lowest BCUT2D eigenvalue weighted by Gasteiger charge is -2.15. The Bertz CT molecular complexity index is 702. The molecule has 7 heteroatoms. The van der Waals surface area contributed by atoms with Crippen LogP contribution in [0.1, 0.15) is 24.1 Å². The molecule has 0 aromatic heterocycles. The van der Waals surface area contributed by atoms with Gasteiger partial charge in [-0.05, 0) is 42.8 Å². The van der Waals surface area contributed by atoms with Crippen molar-refractivity contribution in [3.05, 3.63) is 64.7 Å². The van der Waals surface area contributed by atoms with Crippen molar-refractivity contribution in [3.63, 3.8) is 0 Å². The summed E-state index contributed by atoms with van der Waals surface area (Å²) in [6.07, 6.45) is -4.39. The van der Waals surface area contributed by atoms with Crippen LogP contribution >= 0.6 is 11.6 Å². The van der Waals surface area contributed by atoms with Gasteiger partial charge in [0.2, 0.25) is 5.91 Å². The average molecular weight is 357 g/mol. The van der Waals surface area contributed by atoms with Crippen LogP contribution in [0, 0.1) is 0 Å². The van der Waals surface area contributed by atoms with Gasteiger partial charge in [0, 0.05) is 16.8 Å². The maximum absolute atomic E-state index is 12.5. The van der Waals surface area contributed by atoms with E-state index in [9.17, 15) is 18.0 Å². The van der Waals surface area contributed by atoms with Crippen molar-refractivity contribution in [3.8, 4) is 0 Å². The average Bonchev–Trinajstić information content (AvgIpc) is 2.53. The number of carbonyl (C=O) groups is 1. The molecule has 24 heavy (non-hydrogen) atoms. The molecule has 0 heterocycles. The van der Waals surface area contributed by atoms with E-state index in [0.717, 1.165) is 17.7 Å². The van der Waals surface area contributed by atoms with E-state index < -0.39 is 11.7 Å². The molecule has 0 aliphatic carbocycles. The number of hydrogen-bond acceptors (Lipinski definition) is 2. The Kier molecular flexibility index (Phi) is 5.85. The zero-order chi connectivity index (χ0) is 17.7. The highest BCUT2D eigenvalue weighted by Gasteiger charge is 2.29. The van der Waals surface area contributed by atoms with Gasteiger partial charge in [-0.15, -0.1) is 0 Å². The molecule has 0 bridgehead atoms. The summed E-state index contributed by atoms with van der Waals surface area (Å²) in [7, 11) is 0. The summed E-state index contributed by atoms with van der Waals surface area (Å²) in [6, 6.07) is 11.4. The largest absolute Gasteiger partial charge is 0.416 e. The second kappa shape index (κ2) is 7.68. The fraction of sp³-hybridized carbons (Fsp3) is 0.235. The van der Waals surface area contributed by atoms with Crippen molar-refractivity contribution >= 4 is 23.2 Å². The molecule has 2 rings (SSSR count). The molecular formula is C17H16ClF3N2O. The van der Waals surface area contributed by atoms with Crippen LogP contribution in [0.2, 0.25) is 5.02 Å². The lowest BCUT2D eigenvalue weighted by molar-refractivity contribution is -0.137. The maximum atomic E-state index is 12.5. The minimum absolute atomic E-state index is 0.00735. The van der Waals surface area contributed by atoms with Crippen molar-refractivity contribution in [1.29, 1.82) is 0 Å². The molecule has 1 atom stereocenters. The molecule has 0 unspecified atom stereocenters. The summed E-state index contributed by atoms with van der Waals surface area (Å²) in [5.41, 5.74) is 0.410. The van der Waals surface area contributed by atoms with E-state index in [2.05, 4.69) is 10.6 Å². The van der Waals surface area contributed by atoms with E-state index in [0.29, 0.717) is 10.7 Å². The fourth-order valence-corrected chi connectivity index (χ4v) is 2.43. The summed E-state index contributed by atoms with van der Waals surface area (Å²) in [4.78, 5) is 11.9. The fourth-order valence-electron chi connectivity index (χ4n) is 2.13. The molecule has 0 radical (unpaired) electrons. The Morgan fingerprint density at radius 1 is 1.12 bits per heavy atom. The monoisotopic (exact) mass is 356 g/mol. The van der Waals surface area contributed by atoms with E-state index in [1.54, 1.807) is 6.07 Å². The summed E-state index contributed by atoms with van der Waals surface area (Å²) in [5.74, 6) is -0.353. The molecule has 1 amide bonds. The Labute approximate surface area is 142 Å². The number of amides is 1. The van der Waals surface area contributed by atoms with E-state index >= 15 is 0 Å². The third-order valence-electron chi connectivity index (χ3n) is 3.44. The van der Waals surface area contributed by atoms with Crippen LogP contribution in [0.25, 0.3) is 0 Å². The van der Waals surface area contributed by atoms with Crippen LogP contribution in [-0.4, -0.2) is 12.5 Å². The van der Waals surface area contributed by atoms with Gasteiger partial charge in [0.15, 0.2) is 0 Å². The van der Waals surface area contributed by atoms with Crippen LogP contribution in [0.4, 0.5) is 18.9 Å². The first-order valence-electron chi connectivity index (χ1n) is 7.22. The van der Waals surface area contributed by atoms with Crippen LogP contribution < -0.4 is 10.6 Å². The van der Waals surface area contributed by atoms with E-state index in [1.807, 2.05) is 25.1 Å². The molecule has 128 valence electrons. The molecule has 2 aromatic rings. The third-order valence-corrected chi connectivity index (χ3v) is 3.78. The lowest BCUT2D eigenvalue weighted by atomic mass is 10.1. The molecule has 0 aliphatic rings. The van der Waals surface area contributed by atoms with Crippen LogP contribution in [0.5, 0.6) is 0 Å². The molecule has 2 N–H and O–H groups in total. The highest BCUT2D eigenvalue weighted by Crippen LogP contribution is 2.29. The van der Waals surface area contributed by atoms with Gasteiger partial charge in [0.05, 0.1) is 12.1 Å². The Balaban J connectivity index is 1.88. The van der Waals surface area contributed by atoms with Crippen LogP contribution in [0.3, 0.4) is 0 Å². The number of alkyl halides is 3. The van der Waals surface area contributed by atoms with Gasteiger partial charge >= 0.3 is 6.18 Å². The smallest absolute Gasteiger partial charge is 0.325 e. The minimum Gasteiger partial charge on any atom is -0.325 e. The van der Waals surface area contributed by atoms with Gasteiger partial charge in [-0.3, -0.25) is 4.79 Å². The van der Waals surface area contributed by atoms with Gasteiger partial charge < -0.3 is 10.6 Å². The van der Waals surface area contributed by atoms with Crippen molar-refractivity contribution in [1.82, 2.24) is 5.32 Å². The number of benzene rings is 2. The molecule has 0 saturated carbocycles. The molecule has 3 nitrogen and oxygen atoms in total. The van der Waals surface area contributed by atoms with Crippen molar-refractivity contribution < 1.29 is 18.0 Å². The molecule has 0 saturated heterocycles. The SMILES string of the molecule is C[C@H](NCC(=O)Nc1ccc(C(F)(F)F)cc1)c1ccccc1Cl. The quantitative estimate of drug-likeness (QED) is 0.818. The molecule has 0 fully saturated rings. The third kappa shape index (κ3) is 4.97.